The van der Waals surface area contributed by atoms with Crippen molar-refractivity contribution >= 4 is 11.3 Å². The van der Waals surface area contributed by atoms with Crippen LogP contribution in [0.4, 0.5) is 0 Å². The molecule has 1 unspecified atom stereocenters. The normalized spacial score (nSPS) is 27.0. The predicted molar refractivity (Wildman–Crippen MR) is 71.7 cm³/mol. The third-order valence-electron chi connectivity index (χ3n) is 4.11. The molecule has 17 heavy (non-hydrogen) atoms. The lowest BCUT2D eigenvalue weighted by molar-refractivity contribution is 0.198. The number of nitrogens with one attached hydrogen (secondary N) is 1. The van der Waals surface area contributed by atoms with Gasteiger partial charge < -0.3 is 10.2 Å². The number of nitrogens with zero attached hydrogens (tertiary/aromatic N) is 2. The summed E-state index contributed by atoms with van der Waals surface area (Å²) in [5.74, 6) is 0.788. The monoisotopic (exact) mass is 251 g/mol. The van der Waals surface area contributed by atoms with Gasteiger partial charge in [0.1, 0.15) is 0 Å². The van der Waals surface area contributed by atoms with E-state index >= 15 is 0 Å². The maximum atomic E-state index is 4.82. The smallest absolute Gasteiger partial charge is 0.0959 e. The third kappa shape index (κ3) is 2.54. The molecule has 1 aromatic rings. The van der Waals surface area contributed by atoms with Gasteiger partial charge in [0.25, 0.3) is 0 Å². The SMILES string of the molecule is CN1CCNCC1Cc1csc(C2CCC2)n1. The highest BCUT2D eigenvalue weighted by atomic mass is 32.1. The van der Waals surface area contributed by atoms with Crippen molar-refractivity contribution in [2.75, 3.05) is 26.7 Å². The second kappa shape index (κ2) is 5.04. The average molecular weight is 251 g/mol. The first-order valence-electron chi connectivity index (χ1n) is 6.68. The van der Waals surface area contributed by atoms with Crippen molar-refractivity contribution in [3.05, 3.63) is 16.1 Å². The minimum atomic E-state index is 0.625. The highest BCUT2D eigenvalue weighted by Crippen LogP contribution is 2.37. The Bertz CT molecular complexity index is 372. The number of rotatable bonds is 3. The van der Waals surface area contributed by atoms with Crippen LogP contribution in [0.3, 0.4) is 0 Å². The number of hydrogen-bond acceptors (Lipinski definition) is 4. The summed E-state index contributed by atoms with van der Waals surface area (Å²) in [6.45, 7) is 3.38. The van der Waals surface area contributed by atoms with Gasteiger partial charge in [0, 0.05) is 43.4 Å². The van der Waals surface area contributed by atoms with Crippen LogP contribution >= 0.6 is 11.3 Å². The molecule has 1 N–H and O–H groups in total. The summed E-state index contributed by atoms with van der Waals surface area (Å²) >= 11 is 1.87. The van der Waals surface area contributed by atoms with Gasteiger partial charge in [0.15, 0.2) is 0 Å². The van der Waals surface area contributed by atoms with Crippen molar-refractivity contribution < 1.29 is 0 Å². The fourth-order valence-electron chi connectivity index (χ4n) is 2.59. The fourth-order valence-corrected chi connectivity index (χ4v) is 3.59. The van der Waals surface area contributed by atoms with Gasteiger partial charge in [0.05, 0.1) is 10.7 Å². The Hall–Kier alpha value is -0.450. The van der Waals surface area contributed by atoms with Gasteiger partial charge >= 0.3 is 0 Å². The number of thiazole rings is 1. The van der Waals surface area contributed by atoms with Crippen LogP contribution in [0.2, 0.25) is 0 Å². The molecule has 0 spiro atoms. The summed E-state index contributed by atoms with van der Waals surface area (Å²) < 4.78 is 0. The highest BCUT2D eigenvalue weighted by molar-refractivity contribution is 7.09. The molecular weight excluding hydrogens is 230 g/mol. The summed E-state index contributed by atoms with van der Waals surface area (Å²) in [7, 11) is 2.23. The van der Waals surface area contributed by atoms with Crippen molar-refractivity contribution in [2.45, 2.75) is 37.6 Å². The zero-order chi connectivity index (χ0) is 11.7. The van der Waals surface area contributed by atoms with Gasteiger partial charge in [-0.3, -0.25) is 0 Å². The molecule has 0 radical (unpaired) electrons. The van der Waals surface area contributed by atoms with E-state index in [4.69, 9.17) is 4.98 Å². The Morgan fingerprint density at radius 1 is 1.53 bits per heavy atom. The van der Waals surface area contributed by atoms with Gasteiger partial charge in [-0.05, 0) is 19.9 Å². The van der Waals surface area contributed by atoms with Gasteiger partial charge in [-0.25, -0.2) is 4.98 Å². The molecule has 4 heteroatoms. The van der Waals surface area contributed by atoms with Gasteiger partial charge in [-0.15, -0.1) is 11.3 Å². The van der Waals surface area contributed by atoms with E-state index in [1.807, 2.05) is 11.3 Å². The second-order valence-electron chi connectivity index (χ2n) is 5.35. The highest BCUT2D eigenvalue weighted by Gasteiger charge is 2.24. The molecule has 3 rings (SSSR count). The maximum Gasteiger partial charge on any atom is 0.0959 e. The van der Waals surface area contributed by atoms with E-state index in [1.165, 1.54) is 30.0 Å². The molecule has 1 saturated carbocycles. The first-order valence-corrected chi connectivity index (χ1v) is 7.56. The zero-order valence-electron chi connectivity index (χ0n) is 10.5. The molecule has 2 fully saturated rings. The van der Waals surface area contributed by atoms with E-state index in [9.17, 15) is 0 Å². The van der Waals surface area contributed by atoms with Crippen LogP contribution in [-0.4, -0.2) is 42.6 Å². The average Bonchev–Trinajstić information content (AvgIpc) is 2.67. The van der Waals surface area contributed by atoms with Crippen LogP contribution in [0.5, 0.6) is 0 Å². The number of hydrogen-bond donors (Lipinski definition) is 1. The van der Waals surface area contributed by atoms with E-state index in [2.05, 4.69) is 22.6 Å². The van der Waals surface area contributed by atoms with Crippen molar-refractivity contribution in [3.63, 3.8) is 0 Å². The van der Waals surface area contributed by atoms with Crippen LogP contribution < -0.4 is 5.32 Å². The minimum Gasteiger partial charge on any atom is -0.314 e. The van der Waals surface area contributed by atoms with Gasteiger partial charge in [-0.2, -0.15) is 0 Å². The molecular formula is C13H21N3S. The van der Waals surface area contributed by atoms with E-state index in [0.29, 0.717) is 6.04 Å². The first-order chi connectivity index (χ1) is 8.33. The van der Waals surface area contributed by atoms with Gasteiger partial charge in [0.2, 0.25) is 0 Å². The maximum absolute atomic E-state index is 4.82. The molecule has 1 aromatic heterocycles. The lowest BCUT2D eigenvalue weighted by Gasteiger charge is -2.32. The van der Waals surface area contributed by atoms with Crippen LogP contribution in [0.15, 0.2) is 5.38 Å². The zero-order valence-corrected chi connectivity index (χ0v) is 11.3. The molecule has 2 aliphatic rings. The predicted octanol–water partition coefficient (Wildman–Crippen LogP) is 1.86. The summed E-state index contributed by atoms with van der Waals surface area (Å²) in [4.78, 5) is 7.28. The molecule has 0 amide bonds. The quantitative estimate of drug-likeness (QED) is 0.889. The molecule has 1 aliphatic heterocycles. The number of aromatic nitrogens is 1. The Kier molecular flexibility index (Phi) is 3.45. The Balaban J connectivity index is 1.61. The summed E-state index contributed by atoms with van der Waals surface area (Å²) in [6, 6.07) is 0.625. The third-order valence-corrected chi connectivity index (χ3v) is 5.17. The molecule has 0 bridgehead atoms. The van der Waals surface area contributed by atoms with Gasteiger partial charge in [-0.1, -0.05) is 6.42 Å². The van der Waals surface area contributed by atoms with Crippen molar-refractivity contribution in [2.24, 2.45) is 0 Å². The Morgan fingerprint density at radius 2 is 2.41 bits per heavy atom. The lowest BCUT2D eigenvalue weighted by atomic mass is 9.86. The number of likely N-dealkylation sites (N-methyl/N-ethyl adjacent to an activating group) is 1. The molecule has 1 aliphatic carbocycles. The summed E-state index contributed by atoms with van der Waals surface area (Å²) in [5.41, 5.74) is 1.30. The molecule has 0 aromatic carbocycles. The fraction of sp³-hybridized carbons (Fsp3) is 0.769. The summed E-state index contributed by atoms with van der Waals surface area (Å²) in [6.07, 6.45) is 5.22. The van der Waals surface area contributed by atoms with Crippen molar-refractivity contribution in [3.8, 4) is 0 Å². The largest absolute Gasteiger partial charge is 0.314 e. The molecule has 1 atom stereocenters. The Labute approximate surface area is 107 Å². The second-order valence-corrected chi connectivity index (χ2v) is 6.24. The molecule has 3 nitrogen and oxygen atoms in total. The lowest BCUT2D eigenvalue weighted by Crippen LogP contribution is -2.50. The van der Waals surface area contributed by atoms with Crippen LogP contribution in [-0.2, 0) is 6.42 Å². The molecule has 2 heterocycles. The van der Waals surface area contributed by atoms with E-state index in [0.717, 1.165) is 32.0 Å². The molecule has 94 valence electrons. The summed E-state index contributed by atoms with van der Waals surface area (Å²) in [5, 5.41) is 7.13. The van der Waals surface area contributed by atoms with Crippen LogP contribution in [0.1, 0.15) is 35.9 Å². The van der Waals surface area contributed by atoms with E-state index in [-0.39, 0.29) is 0 Å². The first kappa shape index (κ1) is 11.6. The van der Waals surface area contributed by atoms with E-state index in [1.54, 1.807) is 0 Å². The Morgan fingerprint density at radius 3 is 3.12 bits per heavy atom. The minimum absolute atomic E-state index is 0.625. The van der Waals surface area contributed by atoms with Crippen molar-refractivity contribution in [1.82, 2.24) is 15.2 Å². The van der Waals surface area contributed by atoms with E-state index < -0.39 is 0 Å². The van der Waals surface area contributed by atoms with Crippen LogP contribution in [0.25, 0.3) is 0 Å². The van der Waals surface area contributed by atoms with Crippen LogP contribution in [0, 0.1) is 0 Å². The van der Waals surface area contributed by atoms with Crippen molar-refractivity contribution in [1.29, 1.82) is 0 Å². The number of piperazine rings is 1. The molecule has 1 saturated heterocycles. The standard InChI is InChI=1S/C13H21N3S/c1-16-6-5-14-8-12(16)7-11-9-17-13(15-11)10-3-2-4-10/h9-10,12,14H,2-8H2,1H3. The topological polar surface area (TPSA) is 28.2 Å².